The van der Waals surface area contributed by atoms with Crippen LogP contribution in [-0.2, 0) is 13.1 Å². The minimum Gasteiger partial charge on any atom is -0.398 e. The minimum atomic E-state index is 0.883. The quantitative estimate of drug-likeness (QED) is 0.651. The fraction of sp³-hybridized carbons (Fsp3) is 0.111. The number of halogens is 1. The number of hydrogen-bond donors (Lipinski definition) is 1. The van der Waals surface area contributed by atoms with Crippen LogP contribution in [0, 0.1) is 0 Å². The molecule has 0 saturated carbocycles. The largest absolute Gasteiger partial charge is 0.398 e. The highest BCUT2D eigenvalue weighted by Gasteiger charge is 2.22. The highest BCUT2D eigenvalue weighted by Crippen LogP contribution is 2.37. The van der Waals surface area contributed by atoms with Crippen molar-refractivity contribution in [3.63, 3.8) is 0 Å². The Hall–Kier alpha value is -2.00. The molecule has 0 fully saturated rings. The molecular formula is C18H15BrN2. The number of rotatable bonds is 1. The fourth-order valence-corrected chi connectivity index (χ4v) is 3.62. The highest BCUT2D eigenvalue weighted by molar-refractivity contribution is 9.10. The second-order valence-corrected chi connectivity index (χ2v) is 6.31. The van der Waals surface area contributed by atoms with Gasteiger partial charge in [0.1, 0.15) is 0 Å². The van der Waals surface area contributed by atoms with Crippen molar-refractivity contribution < 1.29 is 0 Å². The van der Waals surface area contributed by atoms with E-state index in [-0.39, 0.29) is 0 Å². The molecule has 1 aliphatic rings. The molecule has 2 nitrogen and oxygen atoms in total. The molecule has 1 aliphatic heterocycles. The van der Waals surface area contributed by atoms with E-state index in [0.717, 1.165) is 23.2 Å². The molecule has 2 N–H and O–H groups in total. The van der Waals surface area contributed by atoms with E-state index in [9.17, 15) is 0 Å². The molecule has 104 valence electrons. The van der Waals surface area contributed by atoms with Gasteiger partial charge in [-0.1, -0.05) is 52.3 Å². The summed E-state index contributed by atoms with van der Waals surface area (Å²) < 4.78 is 1.14. The lowest BCUT2D eigenvalue weighted by Crippen LogP contribution is -2.15. The number of nitrogens with two attached hydrogens (primary N) is 1. The molecule has 1 heterocycles. The van der Waals surface area contributed by atoms with Gasteiger partial charge in [0.05, 0.1) is 0 Å². The Labute approximate surface area is 132 Å². The number of anilines is 2. The smallest absolute Gasteiger partial charge is 0.0457 e. The zero-order valence-corrected chi connectivity index (χ0v) is 13.1. The second kappa shape index (κ2) is 4.78. The summed E-state index contributed by atoms with van der Waals surface area (Å²) in [7, 11) is 0. The van der Waals surface area contributed by atoms with Gasteiger partial charge in [0.2, 0.25) is 0 Å². The Kier molecular flexibility index (Phi) is 2.89. The molecule has 3 heteroatoms. The van der Waals surface area contributed by atoms with Gasteiger partial charge in [-0.05, 0) is 34.7 Å². The number of hydrogen-bond acceptors (Lipinski definition) is 2. The Morgan fingerprint density at radius 3 is 2.48 bits per heavy atom. The molecule has 0 unspecified atom stereocenters. The molecular weight excluding hydrogens is 324 g/mol. The van der Waals surface area contributed by atoms with Crippen LogP contribution in [0.1, 0.15) is 11.1 Å². The van der Waals surface area contributed by atoms with Gasteiger partial charge in [-0.2, -0.15) is 0 Å². The molecule has 0 aliphatic carbocycles. The SMILES string of the molecule is Nc1cccc2c1CN(c1ccc(Br)c3ccccc13)C2. The van der Waals surface area contributed by atoms with Crippen LogP contribution >= 0.6 is 15.9 Å². The molecule has 0 saturated heterocycles. The summed E-state index contributed by atoms with van der Waals surface area (Å²) in [5, 5.41) is 2.53. The van der Waals surface area contributed by atoms with Crippen molar-refractivity contribution in [1.29, 1.82) is 0 Å². The van der Waals surface area contributed by atoms with E-state index in [1.807, 2.05) is 12.1 Å². The maximum atomic E-state index is 6.11. The maximum absolute atomic E-state index is 6.11. The van der Waals surface area contributed by atoms with Crippen LogP contribution in [0.4, 0.5) is 11.4 Å². The Morgan fingerprint density at radius 1 is 0.857 bits per heavy atom. The third-order valence-electron chi connectivity index (χ3n) is 4.21. The Morgan fingerprint density at radius 2 is 1.67 bits per heavy atom. The lowest BCUT2D eigenvalue weighted by atomic mass is 10.1. The standard InChI is InChI=1S/C18H15BrN2/c19-16-8-9-18(14-6-2-1-5-13(14)16)21-10-12-4-3-7-17(20)15(12)11-21/h1-9H,10-11,20H2. The molecule has 21 heavy (non-hydrogen) atoms. The first kappa shape index (κ1) is 12.7. The Bertz CT molecular complexity index is 842. The molecule has 4 rings (SSSR count). The third-order valence-corrected chi connectivity index (χ3v) is 4.90. The molecule has 0 atom stereocenters. The van der Waals surface area contributed by atoms with Gasteiger partial charge < -0.3 is 10.6 Å². The molecule has 3 aromatic carbocycles. The molecule has 0 spiro atoms. The van der Waals surface area contributed by atoms with Crippen LogP contribution in [0.25, 0.3) is 10.8 Å². The predicted molar refractivity (Wildman–Crippen MR) is 92.4 cm³/mol. The third kappa shape index (κ3) is 2.00. The summed E-state index contributed by atoms with van der Waals surface area (Å²) in [5.74, 6) is 0. The summed E-state index contributed by atoms with van der Waals surface area (Å²) in [6, 6.07) is 19.0. The van der Waals surface area contributed by atoms with Gasteiger partial charge >= 0.3 is 0 Å². The van der Waals surface area contributed by atoms with Gasteiger partial charge in [-0.25, -0.2) is 0 Å². The van der Waals surface area contributed by atoms with Crippen molar-refractivity contribution in [2.45, 2.75) is 13.1 Å². The van der Waals surface area contributed by atoms with E-state index in [1.165, 1.54) is 27.6 Å². The van der Waals surface area contributed by atoms with Crippen LogP contribution in [0.5, 0.6) is 0 Å². The predicted octanol–water partition coefficient (Wildman–Crippen LogP) is 4.70. The first-order chi connectivity index (χ1) is 10.2. The van der Waals surface area contributed by atoms with Gasteiger partial charge in [0.15, 0.2) is 0 Å². The van der Waals surface area contributed by atoms with Crippen molar-refractivity contribution >= 4 is 38.1 Å². The lowest BCUT2D eigenvalue weighted by Gasteiger charge is -2.20. The van der Waals surface area contributed by atoms with Crippen molar-refractivity contribution in [3.8, 4) is 0 Å². The van der Waals surface area contributed by atoms with E-state index in [4.69, 9.17) is 5.73 Å². The summed E-state index contributed by atoms with van der Waals surface area (Å²) in [6.45, 7) is 1.81. The van der Waals surface area contributed by atoms with Gasteiger partial charge in [0.25, 0.3) is 0 Å². The summed E-state index contributed by atoms with van der Waals surface area (Å²) in [5.41, 5.74) is 10.9. The fourth-order valence-electron chi connectivity index (χ4n) is 3.14. The summed E-state index contributed by atoms with van der Waals surface area (Å²) in [6.07, 6.45) is 0. The van der Waals surface area contributed by atoms with Crippen LogP contribution in [0.15, 0.2) is 59.1 Å². The van der Waals surface area contributed by atoms with Gasteiger partial charge in [-0.3, -0.25) is 0 Å². The highest BCUT2D eigenvalue weighted by atomic mass is 79.9. The number of benzene rings is 3. The van der Waals surface area contributed by atoms with E-state index in [0.29, 0.717) is 0 Å². The average Bonchev–Trinajstić information content (AvgIpc) is 2.93. The van der Waals surface area contributed by atoms with Crippen molar-refractivity contribution in [2.24, 2.45) is 0 Å². The Balaban J connectivity index is 1.83. The zero-order valence-electron chi connectivity index (χ0n) is 11.5. The van der Waals surface area contributed by atoms with Crippen LogP contribution in [0.2, 0.25) is 0 Å². The number of nitrogen functional groups attached to an aromatic ring is 1. The first-order valence-corrected chi connectivity index (χ1v) is 7.82. The summed E-state index contributed by atoms with van der Waals surface area (Å²) in [4.78, 5) is 2.40. The molecule has 3 aromatic rings. The first-order valence-electron chi connectivity index (χ1n) is 7.02. The van der Waals surface area contributed by atoms with Crippen LogP contribution in [0.3, 0.4) is 0 Å². The monoisotopic (exact) mass is 338 g/mol. The van der Waals surface area contributed by atoms with Gasteiger partial charge in [-0.15, -0.1) is 0 Å². The zero-order chi connectivity index (χ0) is 14.4. The lowest BCUT2D eigenvalue weighted by molar-refractivity contribution is 0.886. The van der Waals surface area contributed by atoms with Crippen LogP contribution < -0.4 is 10.6 Å². The maximum Gasteiger partial charge on any atom is 0.0457 e. The van der Waals surface area contributed by atoms with Gasteiger partial charge in [0, 0.05) is 34.3 Å². The van der Waals surface area contributed by atoms with Crippen LogP contribution in [-0.4, -0.2) is 0 Å². The molecule has 0 amide bonds. The van der Waals surface area contributed by atoms with Crippen molar-refractivity contribution in [3.05, 3.63) is 70.2 Å². The normalized spacial score (nSPS) is 13.7. The van der Waals surface area contributed by atoms with E-state index in [2.05, 4.69) is 63.3 Å². The minimum absolute atomic E-state index is 0.883. The number of fused-ring (bicyclic) bond motifs is 2. The van der Waals surface area contributed by atoms with E-state index in [1.54, 1.807) is 0 Å². The average molecular weight is 339 g/mol. The second-order valence-electron chi connectivity index (χ2n) is 5.45. The number of nitrogens with zero attached hydrogens (tertiary/aromatic N) is 1. The molecule has 0 bridgehead atoms. The summed E-state index contributed by atoms with van der Waals surface area (Å²) >= 11 is 3.64. The topological polar surface area (TPSA) is 29.3 Å². The molecule has 0 radical (unpaired) electrons. The van der Waals surface area contributed by atoms with E-state index >= 15 is 0 Å². The van der Waals surface area contributed by atoms with Crippen molar-refractivity contribution in [1.82, 2.24) is 0 Å². The molecule has 0 aromatic heterocycles. The van der Waals surface area contributed by atoms with E-state index < -0.39 is 0 Å². The van der Waals surface area contributed by atoms with Crippen molar-refractivity contribution in [2.75, 3.05) is 10.6 Å².